The molecule has 33 heavy (non-hydrogen) atoms. The van der Waals surface area contributed by atoms with Crippen molar-refractivity contribution in [3.05, 3.63) is 79.8 Å². The third kappa shape index (κ3) is 3.20. The zero-order valence-electron chi connectivity index (χ0n) is 15.5. The lowest BCUT2D eigenvalue weighted by molar-refractivity contribution is 0.0990. The minimum absolute atomic E-state index is 0.00871. The lowest BCUT2D eigenvalue weighted by Crippen LogP contribution is -2.03. The van der Waals surface area contributed by atoms with Crippen LogP contribution in [0.2, 0.25) is 10.0 Å². The van der Waals surface area contributed by atoms with Gasteiger partial charge in [-0.15, -0.1) is 11.3 Å². The Labute approximate surface area is 193 Å². The van der Waals surface area contributed by atoms with Crippen molar-refractivity contribution in [2.75, 3.05) is 0 Å². The second-order valence-corrected chi connectivity index (χ2v) is 8.66. The summed E-state index contributed by atoms with van der Waals surface area (Å²) < 4.78 is 74.0. The van der Waals surface area contributed by atoms with E-state index in [4.69, 9.17) is 27.6 Å². The summed E-state index contributed by atoms with van der Waals surface area (Å²) in [6, 6.07) is 3.86. The second-order valence-electron chi connectivity index (χ2n) is 6.81. The zero-order valence-corrected chi connectivity index (χ0v) is 17.9. The van der Waals surface area contributed by atoms with Gasteiger partial charge in [-0.05, 0) is 18.2 Å². The summed E-state index contributed by atoms with van der Waals surface area (Å²) >= 11 is 12.4. The molecule has 5 rings (SSSR count). The highest BCUT2D eigenvalue weighted by Crippen LogP contribution is 2.39. The minimum Gasteiger partial charge on any atom is -0.437 e. The lowest BCUT2D eigenvalue weighted by atomic mass is 10.1. The molecule has 0 aliphatic heterocycles. The van der Waals surface area contributed by atoms with Gasteiger partial charge in [0.2, 0.25) is 11.5 Å². The first-order chi connectivity index (χ1) is 15.6. The van der Waals surface area contributed by atoms with Crippen LogP contribution in [-0.4, -0.2) is 16.6 Å². The molecule has 166 valence electrons. The van der Waals surface area contributed by atoms with E-state index < -0.39 is 51.2 Å². The van der Waals surface area contributed by atoms with Crippen molar-refractivity contribution in [2.45, 2.75) is 0 Å². The van der Waals surface area contributed by atoms with E-state index in [0.717, 1.165) is 6.08 Å². The summed E-state index contributed by atoms with van der Waals surface area (Å²) in [5.74, 6) is -11.7. The number of fused-ring (bicyclic) bond motifs is 2. The van der Waals surface area contributed by atoms with Gasteiger partial charge >= 0.3 is 0 Å². The summed E-state index contributed by atoms with van der Waals surface area (Å²) in [6.45, 7) is 0. The number of nitrogens with zero attached hydrogens (tertiary/aromatic N) is 1. The van der Waals surface area contributed by atoms with Gasteiger partial charge in [0.15, 0.2) is 34.8 Å². The van der Waals surface area contributed by atoms with Crippen LogP contribution in [0, 0.1) is 29.1 Å². The fourth-order valence-electron chi connectivity index (χ4n) is 3.31. The molecule has 0 N–H and O–H groups in total. The van der Waals surface area contributed by atoms with Crippen molar-refractivity contribution < 1.29 is 36.0 Å². The van der Waals surface area contributed by atoms with Crippen LogP contribution in [0.15, 0.2) is 28.2 Å². The van der Waals surface area contributed by atoms with Crippen LogP contribution in [0.25, 0.3) is 27.1 Å². The molecule has 2 aromatic carbocycles. The first-order valence-corrected chi connectivity index (χ1v) is 10.4. The van der Waals surface area contributed by atoms with Gasteiger partial charge in [-0.2, -0.15) is 0 Å². The van der Waals surface area contributed by atoms with E-state index in [0.29, 0.717) is 11.3 Å². The van der Waals surface area contributed by atoms with Crippen molar-refractivity contribution in [1.82, 2.24) is 4.98 Å². The first kappa shape index (κ1) is 21.7. The van der Waals surface area contributed by atoms with Crippen molar-refractivity contribution in [2.24, 2.45) is 0 Å². The number of allylic oxidation sites excluding steroid dienone is 1. The van der Waals surface area contributed by atoms with Crippen molar-refractivity contribution in [3.8, 4) is 10.6 Å². The molecule has 0 amide bonds. The molecule has 0 bridgehead atoms. The molecule has 1 aliphatic rings. The van der Waals surface area contributed by atoms with E-state index in [9.17, 15) is 31.5 Å². The van der Waals surface area contributed by atoms with Crippen LogP contribution in [-0.2, 0) is 0 Å². The molecular weight excluding hydrogens is 512 g/mol. The van der Waals surface area contributed by atoms with Crippen LogP contribution in [0.4, 0.5) is 22.0 Å². The number of rotatable bonds is 2. The highest BCUT2D eigenvalue weighted by atomic mass is 35.5. The van der Waals surface area contributed by atoms with Gasteiger partial charge < -0.3 is 4.42 Å². The van der Waals surface area contributed by atoms with E-state index >= 15 is 0 Å². The Balaban J connectivity index is 1.55. The Kier molecular flexibility index (Phi) is 4.93. The largest absolute Gasteiger partial charge is 0.437 e. The standard InChI is InChI=1S/C21H4Cl2F5NO3S/c22-9-3-6-7(4-10(9)23)19(31)8(18(6)30)1-5-2-11-20(32-5)29-21(33-11)12-13(24)15(26)17(28)16(27)14(12)25/h1-4H. The summed E-state index contributed by atoms with van der Waals surface area (Å²) in [6.07, 6.45) is 1.15. The number of furan rings is 1. The van der Waals surface area contributed by atoms with Crippen molar-refractivity contribution in [1.29, 1.82) is 0 Å². The average Bonchev–Trinajstić information content (AvgIpc) is 3.39. The molecule has 0 fully saturated rings. The molecule has 0 atom stereocenters. The molecule has 0 unspecified atom stereocenters. The molecular formula is C21H4Cl2F5NO3S. The fourth-order valence-corrected chi connectivity index (χ4v) is 4.61. The number of hydrogen-bond acceptors (Lipinski definition) is 5. The Morgan fingerprint density at radius 1 is 0.818 bits per heavy atom. The number of Topliss-reactive ketones (excluding diaryl/α,β-unsaturated/α-hetero) is 2. The molecule has 0 spiro atoms. The Hall–Kier alpha value is -3.08. The SMILES string of the molecule is O=C1C(=Cc2cc3sc(-c4c(F)c(F)c(F)c(F)c4F)nc3o2)C(=O)c2cc(Cl)c(Cl)cc21. The predicted octanol–water partition coefficient (Wildman–Crippen LogP) is 7.02. The van der Waals surface area contributed by atoms with Gasteiger partial charge in [-0.25, -0.2) is 26.9 Å². The Bertz CT molecular complexity index is 1490. The fraction of sp³-hybridized carbons (Fsp3) is 0. The predicted molar refractivity (Wildman–Crippen MR) is 110 cm³/mol. The number of halogens is 7. The van der Waals surface area contributed by atoms with E-state index in [1.807, 2.05) is 0 Å². The molecule has 0 saturated heterocycles. The molecule has 2 aromatic heterocycles. The van der Waals surface area contributed by atoms with Gasteiger partial charge in [0.05, 0.1) is 25.9 Å². The molecule has 1 aliphatic carbocycles. The van der Waals surface area contributed by atoms with Gasteiger partial charge in [-0.3, -0.25) is 9.59 Å². The maximum atomic E-state index is 14.1. The number of carbonyl (C=O) groups excluding carboxylic acids is 2. The molecule has 4 nitrogen and oxygen atoms in total. The van der Waals surface area contributed by atoms with Gasteiger partial charge in [0.25, 0.3) is 0 Å². The minimum atomic E-state index is -2.28. The zero-order chi connectivity index (χ0) is 23.8. The molecule has 4 aromatic rings. The van der Waals surface area contributed by atoms with E-state index in [1.165, 1.54) is 18.2 Å². The molecule has 12 heteroatoms. The third-order valence-electron chi connectivity index (χ3n) is 4.86. The second kappa shape index (κ2) is 7.47. The quantitative estimate of drug-likeness (QED) is 0.0945. The summed E-state index contributed by atoms with van der Waals surface area (Å²) in [4.78, 5) is 29.0. The third-order valence-corrected chi connectivity index (χ3v) is 6.58. The Morgan fingerprint density at radius 3 is 1.85 bits per heavy atom. The molecule has 0 radical (unpaired) electrons. The normalized spacial score (nSPS) is 13.4. The van der Waals surface area contributed by atoms with Crippen molar-refractivity contribution in [3.63, 3.8) is 0 Å². The highest BCUT2D eigenvalue weighted by Gasteiger charge is 2.34. The summed E-state index contributed by atoms with van der Waals surface area (Å²) in [5, 5.41) is -0.303. The van der Waals surface area contributed by atoms with Crippen LogP contribution < -0.4 is 0 Å². The average molecular weight is 516 g/mol. The topological polar surface area (TPSA) is 60.2 Å². The number of thiazole rings is 1. The van der Waals surface area contributed by atoms with E-state index in [-0.39, 0.29) is 42.9 Å². The maximum absolute atomic E-state index is 14.1. The van der Waals surface area contributed by atoms with Gasteiger partial charge in [0, 0.05) is 17.2 Å². The van der Waals surface area contributed by atoms with Gasteiger partial charge in [-0.1, -0.05) is 23.2 Å². The van der Waals surface area contributed by atoms with E-state index in [1.54, 1.807) is 0 Å². The van der Waals surface area contributed by atoms with Crippen molar-refractivity contribution >= 4 is 62.6 Å². The monoisotopic (exact) mass is 515 g/mol. The van der Waals surface area contributed by atoms with Crippen LogP contribution in [0.1, 0.15) is 26.5 Å². The number of aromatic nitrogens is 1. The summed E-state index contributed by atoms with van der Waals surface area (Å²) in [7, 11) is 0. The summed E-state index contributed by atoms with van der Waals surface area (Å²) in [5.41, 5.74) is -1.47. The maximum Gasteiger partial charge on any atom is 0.238 e. The van der Waals surface area contributed by atoms with Crippen LogP contribution >= 0.6 is 34.5 Å². The Morgan fingerprint density at radius 2 is 1.33 bits per heavy atom. The van der Waals surface area contributed by atoms with Gasteiger partial charge in [0.1, 0.15) is 10.8 Å². The number of benzene rings is 2. The smallest absolute Gasteiger partial charge is 0.238 e. The van der Waals surface area contributed by atoms with E-state index in [2.05, 4.69) is 4.98 Å². The molecule has 2 heterocycles. The highest BCUT2D eigenvalue weighted by molar-refractivity contribution is 7.21. The number of carbonyl (C=O) groups is 2. The number of ketones is 2. The first-order valence-electron chi connectivity index (χ1n) is 8.80. The lowest BCUT2D eigenvalue weighted by Gasteiger charge is -2.05. The van der Waals surface area contributed by atoms with Crippen LogP contribution in [0.3, 0.4) is 0 Å². The number of hydrogen-bond donors (Lipinski definition) is 0. The molecule has 0 saturated carbocycles. The van der Waals surface area contributed by atoms with Crippen LogP contribution in [0.5, 0.6) is 0 Å².